The van der Waals surface area contributed by atoms with Crippen molar-refractivity contribution in [2.24, 2.45) is 11.7 Å². The van der Waals surface area contributed by atoms with E-state index in [9.17, 15) is 9.59 Å². The average molecular weight is 254 g/mol. The van der Waals surface area contributed by atoms with Crippen LogP contribution in [-0.4, -0.2) is 42.4 Å². The Morgan fingerprint density at radius 1 is 1.44 bits per heavy atom. The molecule has 0 aliphatic heterocycles. The van der Waals surface area contributed by atoms with Gasteiger partial charge in [0.05, 0.1) is 25.1 Å². The van der Waals surface area contributed by atoms with Crippen LogP contribution in [0.1, 0.15) is 27.2 Å². The van der Waals surface area contributed by atoms with Crippen LogP contribution in [0.25, 0.3) is 0 Å². The molecule has 0 radical (unpaired) electrons. The molecule has 102 valence electrons. The summed E-state index contributed by atoms with van der Waals surface area (Å²) in [6, 6.07) is 1.38. The van der Waals surface area contributed by atoms with Crippen LogP contribution in [0.15, 0.2) is 0 Å². The minimum Gasteiger partial charge on any atom is -0.346 e. The second kappa shape index (κ2) is 8.48. The van der Waals surface area contributed by atoms with Gasteiger partial charge in [0.25, 0.3) is 0 Å². The van der Waals surface area contributed by atoms with Gasteiger partial charge in [0.1, 0.15) is 0 Å². The van der Waals surface area contributed by atoms with Crippen LogP contribution in [0.5, 0.6) is 0 Å². The Morgan fingerprint density at radius 2 is 2.06 bits per heavy atom. The molecule has 18 heavy (non-hydrogen) atoms. The topological polar surface area (TPSA) is 99.2 Å². The molecule has 0 rings (SSSR count). The second-order valence-electron chi connectivity index (χ2n) is 4.37. The van der Waals surface area contributed by atoms with E-state index < -0.39 is 6.04 Å². The zero-order valence-corrected chi connectivity index (χ0v) is 11.3. The summed E-state index contributed by atoms with van der Waals surface area (Å²) in [5.41, 5.74) is 5.66. The largest absolute Gasteiger partial charge is 0.346 e. The fourth-order valence-electron chi connectivity index (χ4n) is 1.34. The lowest BCUT2D eigenvalue weighted by Crippen LogP contribution is -2.48. The van der Waals surface area contributed by atoms with Gasteiger partial charge in [-0.1, -0.05) is 13.8 Å². The Kier molecular flexibility index (Phi) is 7.72. The van der Waals surface area contributed by atoms with Crippen molar-refractivity contribution in [3.05, 3.63) is 0 Å². The number of carbonyl (C=O) groups excluding carboxylic acids is 2. The van der Waals surface area contributed by atoms with Gasteiger partial charge in [-0.3, -0.25) is 9.59 Å². The van der Waals surface area contributed by atoms with Crippen LogP contribution in [-0.2, 0) is 9.59 Å². The quantitative estimate of drug-likeness (QED) is 0.660. The van der Waals surface area contributed by atoms with Gasteiger partial charge in [-0.15, -0.1) is 0 Å². The second-order valence-corrected chi connectivity index (χ2v) is 4.37. The highest BCUT2D eigenvalue weighted by atomic mass is 16.2. The van der Waals surface area contributed by atoms with E-state index >= 15 is 0 Å². The van der Waals surface area contributed by atoms with Crippen molar-refractivity contribution < 1.29 is 9.59 Å². The summed E-state index contributed by atoms with van der Waals surface area (Å²) in [4.78, 5) is 24.8. The number of likely N-dealkylation sites (N-methyl/N-ethyl adjacent to an activating group) is 1. The fourth-order valence-corrected chi connectivity index (χ4v) is 1.34. The third-order valence-electron chi connectivity index (χ3n) is 2.66. The molecule has 0 saturated carbocycles. The van der Waals surface area contributed by atoms with Crippen molar-refractivity contribution in [1.82, 2.24) is 10.2 Å². The predicted molar refractivity (Wildman–Crippen MR) is 68.3 cm³/mol. The van der Waals surface area contributed by atoms with Crippen LogP contribution in [0, 0.1) is 17.2 Å². The first-order chi connectivity index (χ1) is 8.43. The molecular weight excluding hydrogens is 232 g/mol. The van der Waals surface area contributed by atoms with E-state index in [1.54, 1.807) is 0 Å². The summed E-state index contributed by atoms with van der Waals surface area (Å²) in [7, 11) is 0. The predicted octanol–water partition coefficient (Wildman–Crippen LogP) is -0.152. The van der Waals surface area contributed by atoms with Crippen LogP contribution >= 0.6 is 0 Å². The van der Waals surface area contributed by atoms with Gasteiger partial charge in [-0.2, -0.15) is 5.26 Å². The maximum absolute atomic E-state index is 11.7. The number of hydrogen-bond acceptors (Lipinski definition) is 4. The van der Waals surface area contributed by atoms with Gasteiger partial charge in [-0.25, -0.2) is 0 Å². The molecule has 0 saturated heterocycles. The Labute approximate surface area is 108 Å². The number of hydrogen-bond donors (Lipinski definition) is 2. The maximum atomic E-state index is 11.7. The maximum Gasteiger partial charge on any atom is 0.241 e. The lowest BCUT2D eigenvalue weighted by atomic mass is 10.1. The lowest BCUT2D eigenvalue weighted by Gasteiger charge is -2.21. The van der Waals surface area contributed by atoms with Crippen LogP contribution in [0.3, 0.4) is 0 Å². The normalized spacial score (nSPS) is 11.8. The summed E-state index contributed by atoms with van der Waals surface area (Å²) < 4.78 is 0. The number of nitrogens with zero attached hydrogens (tertiary/aromatic N) is 2. The molecule has 6 heteroatoms. The molecule has 0 unspecified atom stereocenters. The van der Waals surface area contributed by atoms with Crippen molar-refractivity contribution in [2.75, 3.05) is 19.6 Å². The molecule has 0 aromatic rings. The molecule has 0 aliphatic carbocycles. The first-order valence-electron chi connectivity index (χ1n) is 6.12. The van der Waals surface area contributed by atoms with Gasteiger partial charge < -0.3 is 16.0 Å². The Bertz CT molecular complexity index is 323. The Morgan fingerprint density at radius 3 is 2.50 bits per heavy atom. The first kappa shape index (κ1) is 16.4. The first-order valence-corrected chi connectivity index (χ1v) is 6.12. The Balaban J connectivity index is 4.16. The summed E-state index contributed by atoms with van der Waals surface area (Å²) in [5.74, 6) is -0.493. The molecule has 0 fully saturated rings. The van der Waals surface area contributed by atoms with E-state index in [0.717, 1.165) is 0 Å². The molecule has 0 aliphatic rings. The van der Waals surface area contributed by atoms with Crippen molar-refractivity contribution in [3.8, 4) is 6.07 Å². The number of rotatable bonds is 7. The zero-order chi connectivity index (χ0) is 14.1. The lowest BCUT2D eigenvalue weighted by molar-refractivity contribution is -0.133. The number of carbonyl (C=O) groups is 2. The summed E-state index contributed by atoms with van der Waals surface area (Å²) in [6.45, 7) is 6.36. The molecular formula is C12H22N4O2. The highest BCUT2D eigenvalue weighted by Crippen LogP contribution is 1.98. The molecule has 2 amide bonds. The summed E-state index contributed by atoms with van der Waals surface area (Å²) >= 11 is 0. The van der Waals surface area contributed by atoms with Gasteiger partial charge >= 0.3 is 0 Å². The number of nitrogens with two attached hydrogens (primary N) is 1. The van der Waals surface area contributed by atoms with Gasteiger partial charge in [0.2, 0.25) is 11.8 Å². The number of nitriles is 1. The van der Waals surface area contributed by atoms with Gasteiger partial charge in [-0.05, 0) is 12.8 Å². The summed E-state index contributed by atoms with van der Waals surface area (Å²) in [6.07, 6.45) is 0.291. The molecule has 6 nitrogen and oxygen atoms in total. The van der Waals surface area contributed by atoms with E-state index in [0.29, 0.717) is 19.5 Å². The SMILES string of the molecule is CCN(CCC#N)C(=O)CNC(=O)[C@@H](N)C(C)C. The van der Waals surface area contributed by atoms with Crippen molar-refractivity contribution in [3.63, 3.8) is 0 Å². The van der Waals surface area contributed by atoms with Gasteiger partial charge in [0, 0.05) is 13.1 Å². The van der Waals surface area contributed by atoms with E-state index in [1.807, 2.05) is 26.8 Å². The Hall–Kier alpha value is -1.61. The molecule has 0 heterocycles. The minimum atomic E-state index is -0.605. The van der Waals surface area contributed by atoms with Crippen LogP contribution in [0.4, 0.5) is 0 Å². The van der Waals surface area contributed by atoms with E-state index in [-0.39, 0.29) is 24.3 Å². The summed E-state index contributed by atoms with van der Waals surface area (Å²) in [5, 5.41) is 11.0. The molecule has 0 aromatic heterocycles. The van der Waals surface area contributed by atoms with E-state index in [1.165, 1.54) is 4.90 Å². The van der Waals surface area contributed by atoms with Gasteiger partial charge in [0.15, 0.2) is 0 Å². The van der Waals surface area contributed by atoms with Crippen molar-refractivity contribution in [1.29, 1.82) is 5.26 Å². The molecule has 0 aromatic carbocycles. The monoisotopic (exact) mass is 254 g/mol. The van der Waals surface area contributed by atoms with Crippen molar-refractivity contribution in [2.45, 2.75) is 33.2 Å². The smallest absolute Gasteiger partial charge is 0.241 e. The molecule has 1 atom stereocenters. The highest BCUT2D eigenvalue weighted by molar-refractivity contribution is 5.87. The third kappa shape index (κ3) is 5.64. The molecule has 3 N–H and O–H groups in total. The fraction of sp³-hybridized carbons (Fsp3) is 0.750. The molecule has 0 bridgehead atoms. The minimum absolute atomic E-state index is 0.0287. The number of nitrogens with one attached hydrogen (secondary N) is 1. The average Bonchev–Trinajstić information content (AvgIpc) is 2.35. The van der Waals surface area contributed by atoms with Crippen LogP contribution in [0.2, 0.25) is 0 Å². The molecule has 0 spiro atoms. The van der Waals surface area contributed by atoms with Crippen LogP contribution < -0.4 is 11.1 Å². The standard InChI is InChI=1S/C12H22N4O2/c1-4-16(7-5-6-13)10(17)8-15-12(18)11(14)9(2)3/h9,11H,4-5,7-8,14H2,1-3H3,(H,15,18)/t11-/m0/s1. The van der Waals surface area contributed by atoms with E-state index in [4.69, 9.17) is 11.0 Å². The highest BCUT2D eigenvalue weighted by Gasteiger charge is 2.19. The third-order valence-corrected chi connectivity index (χ3v) is 2.66. The van der Waals surface area contributed by atoms with Crippen molar-refractivity contribution >= 4 is 11.8 Å². The number of amides is 2. The van der Waals surface area contributed by atoms with E-state index in [2.05, 4.69) is 5.32 Å². The zero-order valence-electron chi connectivity index (χ0n) is 11.3.